The monoisotopic (exact) mass is 442 g/mol. The molecule has 2 aromatic carbocycles. The number of hydrogen-bond acceptors (Lipinski definition) is 5. The van der Waals surface area contributed by atoms with Crippen molar-refractivity contribution in [1.29, 1.82) is 0 Å². The molecule has 1 unspecified atom stereocenters. The smallest absolute Gasteiger partial charge is 0.416 e. The number of amides is 2. The van der Waals surface area contributed by atoms with E-state index in [-0.39, 0.29) is 24.4 Å². The Morgan fingerprint density at radius 3 is 2.50 bits per heavy atom. The van der Waals surface area contributed by atoms with Crippen LogP contribution in [-0.2, 0) is 15.8 Å². The van der Waals surface area contributed by atoms with Gasteiger partial charge in [-0.1, -0.05) is 18.2 Å². The molecule has 7 nitrogen and oxygen atoms in total. The molecule has 0 radical (unpaired) electrons. The number of aromatic nitrogens is 2. The number of alkyl halides is 3. The van der Waals surface area contributed by atoms with Gasteiger partial charge in [0.05, 0.1) is 29.6 Å². The maximum absolute atomic E-state index is 13.0. The zero-order chi connectivity index (χ0) is 22.9. The van der Waals surface area contributed by atoms with Crippen LogP contribution >= 0.6 is 0 Å². The summed E-state index contributed by atoms with van der Waals surface area (Å²) in [6.45, 7) is -0.0335. The van der Waals surface area contributed by atoms with Crippen LogP contribution in [-0.4, -0.2) is 33.4 Å². The molecule has 2 amide bonds. The topological polar surface area (TPSA) is 95.4 Å². The van der Waals surface area contributed by atoms with Crippen molar-refractivity contribution in [3.63, 3.8) is 0 Å². The quantitative estimate of drug-likeness (QED) is 0.640. The molecule has 2 N–H and O–H groups in total. The molecule has 10 heteroatoms. The molecule has 0 bridgehead atoms. The minimum absolute atomic E-state index is 0.0335. The number of aromatic hydroxyl groups is 1. The molecule has 0 saturated carbocycles. The van der Waals surface area contributed by atoms with Crippen molar-refractivity contribution in [3.8, 4) is 17.1 Å². The molecule has 0 aliphatic carbocycles. The van der Waals surface area contributed by atoms with Gasteiger partial charge in [0, 0.05) is 24.2 Å². The predicted octanol–water partition coefficient (Wildman–Crippen LogP) is 3.86. The Morgan fingerprint density at radius 1 is 1.09 bits per heavy atom. The lowest BCUT2D eigenvalue weighted by Gasteiger charge is -2.18. The third-order valence-corrected chi connectivity index (χ3v) is 5.00. The van der Waals surface area contributed by atoms with E-state index in [0.717, 1.165) is 12.1 Å². The van der Waals surface area contributed by atoms with E-state index < -0.39 is 29.5 Å². The van der Waals surface area contributed by atoms with Crippen molar-refractivity contribution in [2.75, 3.05) is 16.8 Å². The maximum Gasteiger partial charge on any atom is 0.416 e. The minimum Gasteiger partial charge on any atom is -0.508 e. The fraction of sp³-hybridized carbons (Fsp3) is 0.182. The maximum atomic E-state index is 13.0. The van der Waals surface area contributed by atoms with Gasteiger partial charge < -0.3 is 15.3 Å². The van der Waals surface area contributed by atoms with Crippen molar-refractivity contribution < 1.29 is 27.9 Å². The highest BCUT2D eigenvalue weighted by Crippen LogP contribution is 2.33. The second kappa shape index (κ2) is 8.29. The summed E-state index contributed by atoms with van der Waals surface area (Å²) in [6, 6.07) is 10.8. The van der Waals surface area contributed by atoms with Gasteiger partial charge in [-0.15, -0.1) is 0 Å². The number of phenolic OH excluding ortho intramolecular Hbond substituents is 1. The van der Waals surface area contributed by atoms with Gasteiger partial charge in [-0.05, 0) is 30.3 Å². The highest BCUT2D eigenvalue weighted by molar-refractivity contribution is 6.03. The third-order valence-electron chi connectivity index (χ3n) is 5.00. The van der Waals surface area contributed by atoms with Crippen LogP contribution in [0.25, 0.3) is 11.4 Å². The molecule has 1 fully saturated rings. The molecule has 0 spiro atoms. The van der Waals surface area contributed by atoms with E-state index in [1.807, 2.05) is 0 Å². The third kappa shape index (κ3) is 4.53. The Morgan fingerprint density at radius 2 is 1.81 bits per heavy atom. The van der Waals surface area contributed by atoms with Gasteiger partial charge in [0.2, 0.25) is 11.8 Å². The summed E-state index contributed by atoms with van der Waals surface area (Å²) in [5.74, 6) is -1.20. The number of carbonyl (C=O) groups is 2. The number of rotatable bonds is 4. The van der Waals surface area contributed by atoms with Gasteiger partial charge in [0.25, 0.3) is 0 Å². The molecule has 1 aliphatic rings. The molecule has 1 saturated heterocycles. The predicted molar refractivity (Wildman–Crippen MR) is 110 cm³/mol. The number of nitrogens with one attached hydrogen (secondary N) is 1. The number of phenols is 1. The summed E-state index contributed by atoms with van der Waals surface area (Å²) in [5.41, 5.74) is 0.142. The van der Waals surface area contributed by atoms with Gasteiger partial charge in [-0.3, -0.25) is 9.59 Å². The van der Waals surface area contributed by atoms with Crippen molar-refractivity contribution in [2.24, 2.45) is 5.92 Å². The standard InChI is InChI=1S/C22H17F3N4O3/c23-22(24,25)15-4-2-5-17(9-15)29-12-14(8-19(29)31)21(32)28-16-10-26-20(27-11-16)13-3-1-6-18(30)7-13/h1-7,9-11,14,30H,8,12H2,(H,28,32). The molecular formula is C22H17F3N4O3. The first-order valence-electron chi connectivity index (χ1n) is 9.60. The molecular weight excluding hydrogens is 425 g/mol. The molecule has 164 valence electrons. The van der Waals surface area contributed by atoms with Crippen LogP contribution in [0.5, 0.6) is 5.75 Å². The average molecular weight is 442 g/mol. The van der Waals surface area contributed by atoms with Gasteiger partial charge in [-0.25, -0.2) is 9.97 Å². The molecule has 3 aromatic rings. The molecule has 1 aliphatic heterocycles. The Bertz CT molecular complexity index is 1170. The SMILES string of the molecule is O=C(Nc1cnc(-c2cccc(O)c2)nc1)C1CC(=O)N(c2cccc(C(F)(F)F)c2)C1. The van der Waals surface area contributed by atoms with E-state index >= 15 is 0 Å². The second-order valence-corrected chi connectivity index (χ2v) is 7.29. The van der Waals surface area contributed by atoms with E-state index in [0.29, 0.717) is 17.1 Å². The molecule has 2 heterocycles. The van der Waals surface area contributed by atoms with Crippen molar-refractivity contribution >= 4 is 23.2 Å². The van der Waals surface area contributed by atoms with Crippen LogP contribution in [0.3, 0.4) is 0 Å². The lowest BCUT2D eigenvalue weighted by Crippen LogP contribution is -2.28. The summed E-state index contributed by atoms with van der Waals surface area (Å²) in [4.78, 5) is 34.5. The van der Waals surface area contributed by atoms with E-state index in [1.54, 1.807) is 12.1 Å². The first kappa shape index (κ1) is 21.3. The van der Waals surface area contributed by atoms with Crippen LogP contribution in [0.4, 0.5) is 24.5 Å². The van der Waals surface area contributed by atoms with Crippen LogP contribution in [0, 0.1) is 5.92 Å². The minimum atomic E-state index is -4.53. The van der Waals surface area contributed by atoms with E-state index in [4.69, 9.17) is 0 Å². The summed E-state index contributed by atoms with van der Waals surface area (Å²) in [5, 5.41) is 12.2. The number of halogens is 3. The lowest BCUT2D eigenvalue weighted by atomic mass is 10.1. The Balaban J connectivity index is 1.43. The van der Waals surface area contributed by atoms with Crippen LogP contribution < -0.4 is 10.2 Å². The van der Waals surface area contributed by atoms with Crippen LogP contribution in [0.1, 0.15) is 12.0 Å². The fourth-order valence-electron chi connectivity index (χ4n) is 3.41. The van der Waals surface area contributed by atoms with Crippen LogP contribution in [0.2, 0.25) is 0 Å². The largest absolute Gasteiger partial charge is 0.508 e. The molecule has 1 atom stereocenters. The first-order chi connectivity index (χ1) is 15.2. The normalized spacial score (nSPS) is 16.3. The van der Waals surface area contributed by atoms with E-state index in [2.05, 4.69) is 15.3 Å². The summed E-state index contributed by atoms with van der Waals surface area (Å²) in [6.07, 6.45) is -1.86. The number of benzene rings is 2. The molecule has 4 rings (SSSR count). The number of hydrogen-bond donors (Lipinski definition) is 2. The summed E-state index contributed by atoms with van der Waals surface area (Å²) >= 11 is 0. The Labute approximate surface area is 180 Å². The van der Waals surface area contributed by atoms with Gasteiger partial charge in [0.1, 0.15) is 5.75 Å². The first-order valence-corrected chi connectivity index (χ1v) is 9.60. The van der Waals surface area contributed by atoms with Crippen molar-refractivity contribution in [3.05, 3.63) is 66.5 Å². The van der Waals surface area contributed by atoms with E-state index in [9.17, 15) is 27.9 Å². The van der Waals surface area contributed by atoms with Crippen molar-refractivity contribution in [2.45, 2.75) is 12.6 Å². The Kier molecular flexibility index (Phi) is 5.52. The highest BCUT2D eigenvalue weighted by atomic mass is 19.4. The lowest BCUT2D eigenvalue weighted by molar-refractivity contribution is -0.137. The number of nitrogens with zero attached hydrogens (tertiary/aromatic N) is 3. The molecule has 32 heavy (non-hydrogen) atoms. The summed E-state index contributed by atoms with van der Waals surface area (Å²) < 4.78 is 38.9. The van der Waals surface area contributed by atoms with Gasteiger partial charge in [0.15, 0.2) is 5.82 Å². The Hall–Kier alpha value is -3.95. The number of anilines is 2. The average Bonchev–Trinajstić information content (AvgIpc) is 3.16. The van der Waals surface area contributed by atoms with Crippen molar-refractivity contribution in [1.82, 2.24) is 9.97 Å². The van der Waals surface area contributed by atoms with Crippen LogP contribution in [0.15, 0.2) is 60.9 Å². The van der Waals surface area contributed by atoms with Gasteiger partial charge >= 0.3 is 6.18 Å². The molecule has 1 aromatic heterocycles. The highest BCUT2D eigenvalue weighted by Gasteiger charge is 2.37. The zero-order valence-electron chi connectivity index (χ0n) is 16.5. The number of carbonyl (C=O) groups excluding carboxylic acids is 2. The van der Waals surface area contributed by atoms with E-state index in [1.165, 1.54) is 41.6 Å². The zero-order valence-corrected chi connectivity index (χ0v) is 16.5. The fourth-order valence-corrected chi connectivity index (χ4v) is 3.41. The van der Waals surface area contributed by atoms with Gasteiger partial charge in [-0.2, -0.15) is 13.2 Å². The second-order valence-electron chi connectivity index (χ2n) is 7.29. The summed E-state index contributed by atoms with van der Waals surface area (Å²) in [7, 11) is 0.